The third-order valence-electron chi connectivity index (χ3n) is 1.91. The Kier molecular flexibility index (Phi) is 4.11. The molecule has 0 aliphatic heterocycles. The Morgan fingerprint density at radius 1 is 1.27 bits per heavy atom. The molecular formula is C13H19NSi. The Morgan fingerprint density at radius 2 is 2.00 bits per heavy atom. The number of nitrogens with zero attached hydrogens (tertiary/aromatic N) is 1. The quantitative estimate of drug-likeness (QED) is 0.547. The summed E-state index contributed by atoms with van der Waals surface area (Å²) in [6.45, 7) is 8.91. The molecule has 15 heavy (non-hydrogen) atoms. The fraction of sp³-hybridized carbons (Fsp3) is 0.462. The number of aromatic nitrogens is 1. The van der Waals surface area contributed by atoms with Crippen molar-refractivity contribution in [2.75, 3.05) is 0 Å². The monoisotopic (exact) mass is 217 g/mol. The predicted octanol–water partition coefficient (Wildman–Crippen LogP) is 3.26. The minimum absolute atomic E-state index is 1.04. The molecule has 0 unspecified atom stereocenters. The molecule has 0 aliphatic carbocycles. The van der Waals surface area contributed by atoms with Crippen molar-refractivity contribution in [2.24, 2.45) is 0 Å². The van der Waals surface area contributed by atoms with Crippen LogP contribution in [0.5, 0.6) is 0 Å². The lowest BCUT2D eigenvalue weighted by molar-refractivity contribution is 0.882. The van der Waals surface area contributed by atoms with E-state index >= 15 is 0 Å². The first-order chi connectivity index (χ1) is 7.01. The second kappa shape index (κ2) is 5.13. The Hall–Kier alpha value is -1.07. The SMILES string of the molecule is CCCc1ccc(C#C[Si](C)(C)C)cn1. The van der Waals surface area contributed by atoms with Crippen LogP contribution >= 0.6 is 0 Å². The zero-order valence-corrected chi connectivity index (χ0v) is 11.1. The van der Waals surface area contributed by atoms with E-state index in [0.717, 1.165) is 24.1 Å². The number of hydrogen-bond acceptors (Lipinski definition) is 1. The van der Waals surface area contributed by atoms with Gasteiger partial charge in [0.15, 0.2) is 0 Å². The second-order valence-electron chi connectivity index (χ2n) is 4.79. The molecule has 0 aliphatic rings. The molecule has 0 amide bonds. The first kappa shape index (κ1) is 12.0. The van der Waals surface area contributed by atoms with Crippen LogP contribution in [-0.4, -0.2) is 13.1 Å². The third-order valence-corrected chi connectivity index (χ3v) is 2.79. The lowest BCUT2D eigenvalue weighted by Crippen LogP contribution is -2.16. The van der Waals surface area contributed by atoms with Crippen molar-refractivity contribution in [2.45, 2.75) is 39.4 Å². The molecule has 0 aromatic carbocycles. The van der Waals surface area contributed by atoms with Gasteiger partial charge in [0.05, 0.1) is 0 Å². The van der Waals surface area contributed by atoms with Gasteiger partial charge < -0.3 is 0 Å². The van der Waals surface area contributed by atoms with E-state index in [0.29, 0.717) is 0 Å². The summed E-state index contributed by atoms with van der Waals surface area (Å²) in [4.78, 5) is 4.38. The summed E-state index contributed by atoms with van der Waals surface area (Å²) in [7, 11) is -1.26. The standard InChI is InChI=1S/C13H19NSi/c1-5-6-13-8-7-12(11-14-13)9-10-15(2,3)4/h7-8,11H,5-6H2,1-4H3. The summed E-state index contributed by atoms with van der Waals surface area (Å²) >= 11 is 0. The number of pyridine rings is 1. The first-order valence-electron chi connectivity index (χ1n) is 5.49. The molecule has 80 valence electrons. The first-order valence-corrected chi connectivity index (χ1v) is 8.99. The number of rotatable bonds is 2. The van der Waals surface area contributed by atoms with Gasteiger partial charge in [-0.1, -0.05) is 38.9 Å². The fourth-order valence-electron chi connectivity index (χ4n) is 1.16. The zero-order chi connectivity index (χ0) is 11.3. The van der Waals surface area contributed by atoms with Gasteiger partial charge in [0.1, 0.15) is 8.07 Å². The van der Waals surface area contributed by atoms with Gasteiger partial charge in [-0.25, -0.2) is 0 Å². The Labute approximate surface area is 94.0 Å². The molecule has 0 bridgehead atoms. The van der Waals surface area contributed by atoms with Crippen LogP contribution in [-0.2, 0) is 6.42 Å². The normalized spacial score (nSPS) is 10.7. The molecule has 0 fully saturated rings. The van der Waals surface area contributed by atoms with Crippen LogP contribution in [0.25, 0.3) is 0 Å². The third kappa shape index (κ3) is 4.80. The van der Waals surface area contributed by atoms with Gasteiger partial charge in [-0.3, -0.25) is 4.98 Å². The summed E-state index contributed by atoms with van der Waals surface area (Å²) in [6.07, 6.45) is 4.09. The second-order valence-corrected chi connectivity index (χ2v) is 9.54. The Bertz CT molecular complexity index is 362. The van der Waals surface area contributed by atoms with Crippen molar-refractivity contribution in [3.63, 3.8) is 0 Å². The minimum atomic E-state index is -1.26. The van der Waals surface area contributed by atoms with Gasteiger partial charge in [0, 0.05) is 17.5 Å². The maximum atomic E-state index is 4.38. The maximum Gasteiger partial charge on any atom is 0.129 e. The average molecular weight is 217 g/mol. The van der Waals surface area contributed by atoms with E-state index in [4.69, 9.17) is 0 Å². The molecule has 1 nitrogen and oxygen atoms in total. The average Bonchev–Trinajstić information content (AvgIpc) is 2.16. The van der Waals surface area contributed by atoms with Crippen LogP contribution < -0.4 is 0 Å². The molecule has 2 heteroatoms. The molecule has 1 rings (SSSR count). The lowest BCUT2D eigenvalue weighted by atomic mass is 10.2. The summed E-state index contributed by atoms with van der Waals surface area (Å²) in [6, 6.07) is 4.16. The number of aryl methyl sites for hydroxylation is 1. The van der Waals surface area contributed by atoms with Crippen LogP contribution in [0.3, 0.4) is 0 Å². The largest absolute Gasteiger partial charge is 0.260 e. The van der Waals surface area contributed by atoms with Crippen molar-refractivity contribution < 1.29 is 0 Å². The van der Waals surface area contributed by atoms with E-state index in [1.165, 1.54) is 0 Å². The van der Waals surface area contributed by atoms with Crippen LogP contribution in [0.1, 0.15) is 24.6 Å². The van der Waals surface area contributed by atoms with Crippen LogP contribution in [0.15, 0.2) is 18.3 Å². The maximum absolute atomic E-state index is 4.38. The topological polar surface area (TPSA) is 12.9 Å². The van der Waals surface area contributed by atoms with E-state index in [1.807, 2.05) is 6.20 Å². The van der Waals surface area contributed by atoms with E-state index in [1.54, 1.807) is 0 Å². The van der Waals surface area contributed by atoms with Crippen LogP contribution in [0.2, 0.25) is 19.6 Å². The molecule has 0 radical (unpaired) electrons. The highest BCUT2D eigenvalue weighted by Gasteiger charge is 2.07. The summed E-state index contributed by atoms with van der Waals surface area (Å²) in [5.41, 5.74) is 5.54. The summed E-state index contributed by atoms with van der Waals surface area (Å²) < 4.78 is 0. The van der Waals surface area contributed by atoms with Gasteiger partial charge in [0.2, 0.25) is 0 Å². The Morgan fingerprint density at radius 3 is 2.47 bits per heavy atom. The van der Waals surface area contributed by atoms with Crippen LogP contribution in [0, 0.1) is 11.5 Å². The van der Waals surface area contributed by atoms with Gasteiger partial charge >= 0.3 is 0 Å². The Balaban J connectivity index is 2.75. The predicted molar refractivity (Wildman–Crippen MR) is 68.5 cm³/mol. The number of hydrogen-bond donors (Lipinski definition) is 0. The molecular weight excluding hydrogens is 198 g/mol. The van der Waals surface area contributed by atoms with E-state index in [9.17, 15) is 0 Å². The van der Waals surface area contributed by atoms with E-state index < -0.39 is 8.07 Å². The van der Waals surface area contributed by atoms with Crippen molar-refractivity contribution in [3.05, 3.63) is 29.6 Å². The summed E-state index contributed by atoms with van der Waals surface area (Å²) in [5, 5.41) is 0. The molecule has 0 saturated heterocycles. The van der Waals surface area contributed by atoms with Crippen molar-refractivity contribution in [3.8, 4) is 11.5 Å². The molecule has 1 heterocycles. The van der Waals surface area contributed by atoms with Crippen molar-refractivity contribution in [1.82, 2.24) is 4.98 Å². The van der Waals surface area contributed by atoms with Gasteiger partial charge in [-0.05, 0) is 18.6 Å². The summed E-state index contributed by atoms with van der Waals surface area (Å²) in [5.74, 6) is 3.20. The highest BCUT2D eigenvalue weighted by molar-refractivity contribution is 6.83. The van der Waals surface area contributed by atoms with E-state index in [2.05, 4.69) is 55.1 Å². The molecule has 0 spiro atoms. The van der Waals surface area contributed by atoms with Crippen molar-refractivity contribution >= 4 is 8.07 Å². The van der Waals surface area contributed by atoms with E-state index in [-0.39, 0.29) is 0 Å². The van der Waals surface area contributed by atoms with Gasteiger partial charge in [-0.2, -0.15) is 0 Å². The highest BCUT2D eigenvalue weighted by atomic mass is 28.3. The highest BCUT2D eigenvalue weighted by Crippen LogP contribution is 2.03. The fourth-order valence-corrected chi connectivity index (χ4v) is 1.68. The minimum Gasteiger partial charge on any atom is -0.260 e. The molecule has 0 atom stereocenters. The van der Waals surface area contributed by atoms with Gasteiger partial charge in [0.25, 0.3) is 0 Å². The lowest BCUT2D eigenvalue weighted by Gasteiger charge is -2.03. The molecule has 1 aromatic rings. The van der Waals surface area contributed by atoms with Crippen molar-refractivity contribution in [1.29, 1.82) is 0 Å². The molecule has 0 saturated carbocycles. The zero-order valence-electron chi connectivity index (χ0n) is 10.1. The smallest absolute Gasteiger partial charge is 0.129 e. The molecule has 0 N–H and O–H groups in total. The van der Waals surface area contributed by atoms with Gasteiger partial charge in [-0.15, -0.1) is 5.54 Å². The molecule has 1 aromatic heterocycles. The van der Waals surface area contributed by atoms with Crippen LogP contribution in [0.4, 0.5) is 0 Å².